The number of aromatic nitrogens is 1. The molecule has 0 bridgehead atoms. The van der Waals surface area contributed by atoms with Crippen LogP contribution in [-0.4, -0.2) is 41.2 Å². The number of nitrogens with zero attached hydrogens (tertiary/aromatic N) is 2. The van der Waals surface area contributed by atoms with Crippen LogP contribution in [0.1, 0.15) is 26.4 Å². The Balaban J connectivity index is 1.75. The molecule has 7 heteroatoms. The first kappa shape index (κ1) is 19.3. The molecule has 2 heterocycles. The standard InChI is InChI=1S/C23H20N4O3/c1-13(21(24)28)11-27-12-19-17(23(27)30)6-5-14-3-4-15(9-18(14)19)16-7-8-26-20(10-16)22(29)25-2/h3-10H,1,11-12H2,2H3,(H2,24,28)(H,25,29). The summed E-state index contributed by atoms with van der Waals surface area (Å²) in [6.45, 7) is 4.13. The molecule has 1 aromatic heterocycles. The van der Waals surface area contributed by atoms with Gasteiger partial charge in [0.05, 0.1) is 6.54 Å². The lowest BCUT2D eigenvalue weighted by atomic mass is 9.96. The molecule has 4 rings (SSSR count). The molecule has 2 aromatic carbocycles. The summed E-state index contributed by atoms with van der Waals surface area (Å²) in [4.78, 5) is 41.7. The van der Waals surface area contributed by atoms with E-state index >= 15 is 0 Å². The van der Waals surface area contributed by atoms with Gasteiger partial charge >= 0.3 is 0 Å². The van der Waals surface area contributed by atoms with E-state index in [1.165, 1.54) is 0 Å². The number of nitrogens with one attached hydrogen (secondary N) is 1. The van der Waals surface area contributed by atoms with E-state index in [-0.39, 0.29) is 23.9 Å². The highest BCUT2D eigenvalue weighted by Crippen LogP contribution is 2.33. The molecule has 3 aromatic rings. The van der Waals surface area contributed by atoms with E-state index in [2.05, 4.69) is 16.9 Å². The van der Waals surface area contributed by atoms with Crippen molar-refractivity contribution in [3.05, 3.63) is 77.6 Å². The summed E-state index contributed by atoms with van der Waals surface area (Å²) in [6.07, 6.45) is 1.60. The number of benzene rings is 2. The average Bonchev–Trinajstić information content (AvgIpc) is 3.08. The van der Waals surface area contributed by atoms with Gasteiger partial charge in [0.25, 0.3) is 11.8 Å². The van der Waals surface area contributed by atoms with E-state index in [0.29, 0.717) is 17.8 Å². The molecule has 0 spiro atoms. The minimum absolute atomic E-state index is 0.101. The second-order valence-corrected chi connectivity index (χ2v) is 7.17. The lowest BCUT2D eigenvalue weighted by molar-refractivity contribution is -0.114. The highest BCUT2D eigenvalue weighted by molar-refractivity contribution is 6.05. The van der Waals surface area contributed by atoms with Gasteiger partial charge in [0.15, 0.2) is 0 Å². The summed E-state index contributed by atoms with van der Waals surface area (Å²) in [5.41, 5.74) is 9.08. The number of carbonyl (C=O) groups is 3. The summed E-state index contributed by atoms with van der Waals surface area (Å²) >= 11 is 0. The van der Waals surface area contributed by atoms with Gasteiger partial charge in [-0.15, -0.1) is 0 Å². The Hall–Kier alpha value is -4.00. The predicted octanol–water partition coefficient (Wildman–Crippen LogP) is 2.26. The van der Waals surface area contributed by atoms with Gasteiger partial charge in [-0.3, -0.25) is 19.4 Å². The number of pyridine rings is 1. The molecule has 7 nitrogen and oxygen atoms in total. The molecule has 0 saturated heterocycles. The lowest BCUT2D eigenvalue weighted by Gasteiger charge is -2.15. The van der Waals surface area contributed by atoms with Crippen molar-refractivity contribution in [3.63, 3.8) is 0 Å². The largest absolute Gasteiger partial charge is 0.366 e. The Bertz CT molecular complexity index is 1230. The normalized spacial score (nSPS) is 12.7. The molecule has 0 aliphatic carbocycles. The molecule has 0 radical (unpaired) electrons. The molecular formula is C23H20N4O3. The molecule has 1 aliphatic rings. The molecule has 3 amide bonds. The van der Waals surface area contributed by atoms with Crippen molar-refractivity contribution in [2.45, 2.75) is 6.54 Å². The molecule has 1 aliphatic heterocycles. The van der Waals surface area contributed by atoms with Crippen LogP contribution >= 0.6 is 0 Å². The van der Waals surface area contributed by atoms with Crippen LogP contribution < -0.4 is 11.1 Å². The van der Waals surface area contributed by atoms with Crippen molar-refractivity contribution in [2.75, 3.05) is 13.6 Å². The van der Waals surface area contributed by atoms with Gasteiger partial charge in [-0.25, -0.2) is 0 Å². The van der Waals surface area contributed by atoms with Crippen LogP contribution in [0, 0.1) is 0 Å². The maximum absolute atomic E-state index is 12.8. The fourth-order valence-corrected chi connectivity index (χ4v) is 3.66. The Morgan fingerprint density at radius 3 is 2.63 bits per heavy atom. The molecule has 0 fully saturated rings. The third-order valence-corrected chi connectivity index (χ3v) is 5.28. The fourth-order valence-electron chi connectivity index (χ4n) is 3.66. The van der Waals surface area contributed by atoms with E-state index in [0.717, 1.165) is 27.5 Å². The van der Waals surface area contributed by atoms with Crippen molar-refractivity contribution >= 4 is 28.5 Å². The second kappa shape index (κ2) is 7.44. The predicted molar refractivity (Wildman–Crippen MR) is 114 cm³/mol. The van der Waals surface area contributed by atoms with Gasteiger partial charge in [0.2, 0.25) is 5.91 Å². The number of nitrogens with two attached hydrogens (primary N) is 1. The number of carbonyl (C=O) groups excluding carboxylic acids is 3. The highest BCUT2D eigenvalue weighted by atomic mass is 16.2. The molecule has 0 saturated carbocycles. The minimum Gasteiger partial charge on any atom is -0.366 e. The molecule has 30 heavy (non-hydrogen) atoms. The number of primary amides is 1. The molecule has 0 atom stereocenters. The maximum Gasteiger partial charge on any atom is 0.269 e. The highest BCUT2D eigenvalue weighted by Gasteiger charge is 2.29. The minimum atomic E-state index is -0.615. The Labute approximate surface area is 173 Å². The summed E-state index contributed by atoms with van der Waals surface area (Å²) in [5, 5.41) is 4.52. The van der Waals surface area contributed by atoms with Crippen LogP contribution in [0.25, 0.3) is 21.9 Å². The summed E-state index contributed by atoms with van der Waals surface area (Å²) in [7, 11) is 1.56. The van der Waals surface area contributed by atoms with Crippen molar-refractivity contribution in [3.8, 4) is 11.1 Å². The Morgan fingerprint density at radius 2 is 1.90 bits per heavy atom. The summed E-state index contributed by atoms with van der Waals surface area (Å²) in [5.74, 6) is -1.02. The zero-order valence-electron chi connectivity index (χ0n) is 16.4. The van der Waals surface area contributed by atoms with Crippen LogP contribution in [0.2, 0.25) is 0 Å². The van der Waals surface area contributed by atoms with Gasteiger partial charge in [-0.2, -0.15) is 0 Å². The van der Waals surface area contributed by atoms with Crippen molar-refractivity contribution in [2.24, 2.45) is 5.73 Å². The third kappa shape index (κ3) is 3.30. The number of fused-ring (bicyclic) bond motifs is 3. The Morgan fingerprint density at radius 1 is 1.17 bits per heavy atom. The van der Waals surface area contributed by atoms with Crippen LogP contribution in [0.3, 0.4) is 0 Å². The van der Waals surface area contributed by atoms with Gasteiger partial charge in [0, 0.05) is 30.9 Å². The summed E-state index contributed by atoms with van der Waals surface area (Å²) < 4.78 is 0. The van der Waals surface area contributed by atoms with Gasteiger partial charge < -0.3 is 16.0 Å². The van der Waals surface area contributed by atoms with Crippen molar-refractivity contribution in [1.29, 1.82) is 0 Å². The van der Waals surface area contributed by atoms with E-state index in [1.807, 2.05) is 36.4 Å². The zero-order valence-corrected chi connectivity index (χ0v) is 16.4. The fraction of sp³-hybridized carbons (Fsp3) is 0.130. The van der Waals surface area contributed by atoms with E-state index in [9.17, 15) is 14.4 Å². The van der Waals surface area contributed by atoms with E-state index in [1.54, 1.807) is 24.2 Å². The van der Waals surface area contributed by atoms with E-state index in [4.69, 9.17) is 5.73 Å². The van der Waals surface area contributed by atoms with Gasteiger partial charge in [-0.05, 0) is 51.7 Å². The first-order valence-electron chi connectivity index (χ1n) is 9.40. The number of rotatable bonds is 5. The zero-order chi connectivity index (χ0) is 21.4. The topological polar surface area (TPSA) is 105 Å². The van der Waals surface area contributed by atoms with Crippen LogP contribution in [0.15, 0.2) is 60.8 Å². The second-order valence-electron chi connectivity index (χ2n) is 7.17. The number of amides is 3. The van der Waals surface area contributed by atoms with Gasteiger partial charge in [0.1, 0.15) is 5.69 Å². The lowest BCUT2D eigenvalue weighted by Crippen LogP contribution is -2.30. The number of hydrogen-bond acceptors (Lipinski definition) is 4. The van der Waals surface area contributed by atoms with Crippen LogP contribution in [0.4, 0.5) is 0 Å². The average molecular weight is 400 g/mol. The summed E-state index contributed by atoms with van der Waals surface area (Å²) in [6, 6.07) is 13.3. The SMILES string of the molecule is C=C(CN1Cc2c(ccc3ccc(-c4ccnc(C(=O)NC)c4)cc23)C1=O)C(N)=O. The molecule has 150 valence electrons. The van der Waals surface area contributed by atoms with E-state index < -0.39 is 5.91 Å². The quantitative estimate of drug-likeness (QED) is 0.641. The molecule has 0 unspecified atom stereocenters. The maximum atomic E-state index is 12.8. The van der Waals surface area contributed by atoms with Crippen molar-refractivity contribution < 1.29 is 14.4 Å². The monoisotopic (exact) mass is 400 g/mol. The number of hydrogen-bond donors (Lipinski definition) is 2. The molecule has 3 N–H and O–H groups in total. The van der Waals surface area contributed by atoms with Crippen molar-refractivity contribution in [1.82, 2.24) is 15.2 Å². The molecular weight excluding hydrogens is 380 g/mol. The first-order chi connectivity index (χ1) is 14.4. The third-order valence-electron chi connectivity index (χ3n) is 5.28. The van der Waals surface area contributed by atoms with Crippen LogP contribution in [-0.2, 0) is 11.3 Å². The van der Waals surface area contributed by atoms with Gasteiger partial charge in [-0.1, -0.05) is 24.8 Å². The van der Waals surface area contributed by atoms with Crippen LogP contribution in [0.5, 0.6) is 0 Å². The first-order valence-corrected chi connectivity index (χ1v) is 9.40. The Kier molecular flexibility index (Phi) is 4.79. The smallest absolute Gasteiger partial charge is 0.269 e.